The van der Waals surface area contributed by atoms with Gasteiger partial charge >= 0.3 is 5.97 Å². The standard InChI is InChI=1S/C8H14O3/c1-8(2,3)6-4-5(9)7(10)11-6/h5-6,9H,4H2,1-3H3/t5-,6+/m1/s1. The van der Waals surface area contributed by atoms with Gasteiger partial charge in [0.25, 0.3) is 0 Å². The minimum absolute atomic E-state index is 0.0624. The molecule has 64 valence electrons. The van der Waals surface area contributed by atoms with Crippen LogP contribution in [0, 0.1) is 5.41 Å². The quantitative estimate of drug-likeness (QED) is 0.528. The average Bonchev–Trinajstić information content (AvgIpc) is 2.11. The summed E-state index contributed by atoms with van der Waals surface area (Å²) in [5.41, 5.74) is -0.0624. The van der Waals surface area contributed by atoms with Crippen LogP contribution in [0.1, 0.15) is 27.2 Å². The van der Waals surface area contributed by atoms with E-state index in [4.69, 9.17) is 9.84 Å². The molecule has 0 saturated carbocycles. The molecule has 0 unspecified atom stereocenters. The lowest BCUT2D eigenvalue weighted by Crippen LogP contribution is -2.25. The lowest BCUT2D eigenvalue weighted by molar-refractivity contribution is -0.150. The number of hydrogen-bond acceptors (Lipinski definition) is 3. The van der Waals surface area contributed by atoms with Crippen molar-refractivity contribution in [3.05, 3.63) is 0 Å². The van der Waals surface area contributed by atoms with Gasteiger partial charge in [-0.25, -0.2) is 4.79 Å². The van der Waals surface area contributed by atoms with Gasteiger partial charge in [0.1, 0.15) is 6.10 Å². The highest BCUT2D eigenvalue weighted by Crippen LogP contribution is 2.30. The maximum absolute atomic E-state index is 10.8. The third kappa shape index (κ3) is 1.71. The molecule has 1 N–H and O–H groups in total. The van der Waals surface area contributed by atoms with E-state index in [1.807, 2.05) is 20.8 Å². The highest BCUT2D eigenvalue weighted by Gasteiger charge is 2.39. The molecule has 0 bridgehead atoms. The number of aliphatic hydroxyl groups excluding tert-OH is 1. The molecule has 1 aliphatic rings. The number of carbonyl (C=O) groups excluding carboxylic acids is 1. The Morgan fingerprint density at radius 1 is 1.55 bits per heavy atom. The summed E-state index contributed by atoms with van der Waals surface area (Å²) in [5.74, 6) is -0.482. The largest absolute Gasteiger partial charge is 0.460 e. The van der Waals surface area contributed by atoms with E-state index in [0.717, 1.165) is 0 Å². The predicted octanol–water partition coefficient (Wildman–Crippen LogP) is 0.709. The molecule has 1 aliphatic heterocycles. The van der Waals surface area contributed by atoms with Crippen molar-refractivity contribution in [1.82, 2.24) is 0 Å². The molecule has 0 aromatic carbocycles. The summed E-state index contributed by atoms with van der Waals surface area (Å²) in [4.78, 5) is 10.8. The fourth-order valence-corrected chi connectivity index (χ4v) is 1.10. The van der Waals surface area contributed by atoms with E-state index >= 15 is 0 Å². The predicted molar refractivity (Wildman–Crippen MR) is 40.0 cm³/mol. The van der Waals surface area contributed by atoms with Crippen LogP contribution in [0.5, 0.6) is 0 Å². The Morgan fingerprint density at radius 2 is 2.09 bits per heavy atom. The molecule has 2 atom stereocenters. The molecule has 0 radical (unpaired) electrons. The number of carbonyl (C=O) groups is 1. The number of aliphatic hydroxyl groups is 1. The molecule has 1 heterocycles. The van der Waals surface area contributed by atoms with Crippen molar-refractivity contribution in [2.45, 2.75) is 39.4 Å². The van der Waals surface area contributed by atoms with Crippen LogP contribution in [0.4, 0.5) is 0 Å². The van der Waals surface area contributed by atoms with Gasteiger partial charge in [-0.2, -0.15) is 0 Å². The van der Waals surface area contributed by atoms with E-state index in [1.165, 1.54) is 0 Å². The van der Waals surface area contributed by atoms with Gasteiger partial charge in [0, 0.05) is 6.42 Å². The molecule has 11 heavy (non-hydrogen) atoms. The molecule has 0 aromatic rings. The van der Waals surface area contributed by atoms with Crippen molar-refractivity contribution >= 4 is 5.97 Å². The smallest absolute Gasteiger partial charge is 0.335 e. The first-order chi connectivity index (χ1) is 4.91. The van der Waals surface area contributed by atoms with Crippen LogP contribution in [0.3, 0.4) is 0 Å². The maximum atomic E-state index is 10.8. The van der Waals surface area contributed by atoms with Gasteiger partial charge in [0.05, 0.1) is 0 Å². The zero-order valence-electron chi connectivity index (χ0n) is 7.13. The fraction of sp³-hybridized carbons (Fsp3) is 0.875. The molecule has 0 amide bonds. The van der Waals surface area contributed by atoms with Gasteiger partial charge < -0.3 is 9.84 Å². The van der Waals surface area contributed by atoms with Crippen LogP contribution < -0.4 is 0 Å². The zero-order chi connectivity index (χ0) is 8.65. The number of rotatable bonds is 0. The molecular weight excluding hydrogens is 144 g/mol. The Hall–Kier alpha value is -0.570. The Balaban J connectivity index is 2.61. The summed E-state index contributed by atoms with van der Waals surface area (Å²) >= 11 is 0. The highest BCUT2D eigenvalue weighted by molar-refractivity contribution is 5.76. The lowest BCUT2D eigenvalue weighted by atomic mass is 9.87. The van der Waals surface area contributed by atoms with Crippen LogP contribution in [0.25, 0.3) is 0 Å². The Labute approximate surface area is 66.4 Å². The van der Waals surface area contributed by atoms with Crippen molar-refractivity contribution in [2.75, 3.05) is 0 Å². The van der Waals surface area contributed by atoms with E-state index in [2.05, 4.69) is 0 Å². The summed E-state index contributed by atoms with van der Waals surface area (Å²) < 4.78 is 4.95. The normalized spacial score (nSPS) is 32.2. The van der Waals surface area contributed by atoms with Crippen molar-refractivity contribution in [1.29, 1.82) is 0 Å². The number of esters is 1. The summed E-state index contributed by atoms with van der Waals surface area (Å²) in [5, 5.41) is 9.06. The molecule has 3 nitrogen and oxygen atoms in total. The summed E-state index contributed by atoms with van der Waals surface area (Å²) in [6, 6.07) is 0. The molecular formula is C8H14O3. The summed E-state index contributed by atoms with van der Waals surface area (Å²) in [6.45, 7) is 5.97. The van der Waals surface area contributed by atoms with Gasteiger partial charge in [-0.15, -0.1) is 0 Å². The Bertz CT molecular complexity index is 169. The lowest BCUT2D eigenvalue weighted by Gasteiger charge is -2.24. The molecule has 0 aromatic heterocycles. The fourth-order valence-electron chi connectivity index (χ4n) is 1.10. The third-order valence-corrected chi connectivity index (χ3v) is 1.93. The van der Waals surface area contributed by atoms with Crippen LogP contribution in [0.2, 0.25) is 0 Å². The summed E-state index contributed by atoms with van der Waals surface area (Å²) in [7, 11) is 0. The van der Waals surface area contributed by atoms with Crippen molar-refractivity contribution < 1.29 is 14.6 Å². The van der Waals surface area contributed by atoms with E-state index < -0.39 is 12.1 Å². The highest BCUT2D eigenvalue weighted by atomic mass is 16.6. The maximum Gasteiger partial charge on any atom is 0.335 e. The topological polar surface area (TPSA) is 46.5 Å². The molecule has 0 aliphatic carbocycles. The Morgan fingerprint density at radius 3 is 2.27 bits per heavy atom. The van der Waals surface area contributed by atoms with Crippen LogP contribution in [-0.2, 0) is 9.53 Å². The number of cyclic esters (lactones) is 1. The van der Waals surface area contributed by atoms with Crippen LogP contribution in [0.15, 0.2) is 0 Å². The van der Waals surface area contributed by atoms with E-state index in [0.29, 0.717) is 6.42 Å². The molecule has 3 heteroatoms. The van der Waals surface area contributed by atoms with E-state index in [-0.39, 0.29) is 11.5 Å². The van der Waals surface area contributed by atoms with Gasteiger partial charge in [0.15, 0.2) is 6.10 Å². The van der Waals surface area contributed by atoms with Crippen molar-refractivity contribution in [3.63, 3.8) is 0 Å². The second-order valence-corrected chi connectivity index (χ2v) is 4.04. The van der Waals surface area contributed by atoms with Crippen molar-refractivity contribution in [2.24, 2.45) is 5.41 Å². The van der Waals surface area contributed by atoms with Crippen LogP contribution in [-0.4, -0.2) is 23.3 Å². The Kier molecular flexibility index (Phi) is 1.92. The minimum Gasteiger partial charge on any atom is -0.460 e. The second-order valence-electron chi connectivity index (χ2n) is 4.04. The SMILES string of the molecule is CC(C)(C)[C@@H]1C[C@@H](O)C(=O)O1. The molecule has 1 rings (SSSR count). The van der Waals surface area contributed by atoms with Crippen LogP contribution >= 0.6 is 0 Å². The first kappa shape index (κ1) is 8.53. The van der Waals surface area contributed by atoms with E-state index in [9.17, 15) is 4.79 Å². The van der Waals surface area contributed by atoms with Gasteiger partial charge in [-0.3, -0.25) is 0 Å². The average molecular weight is 158 g/mol. The molecule has 1 saturated heterocycles. The first-order valence-electron chi connectivity index (χ1n) is 3.80. The summed E-state index contributed by atoms with van der Waals surface area (Å²) in [6.07, 6.45) is -0.605. The molecule has 1 fully saturated rings. The number of hydrogen-bond donors (Lipinski definition) is 1. The van der Waals surface area contributed by atoms with Crippen molar-refractivity contribution in [3.8, 4) is 0 Å². The second kappa shape index (κ2) is 2.48. The van der Waals surface area contributed by atoms with E-state index in [1.54, 1.807) is 0 Å². The first-order valence-corrected chi connectivity index (χ1v) is 3.80. The van der Waals surface area contributed by atoms with Gasteiger partial charge in [-0.05, 0) is 5.41 Å². The minimum atomic E-state index is -0.903. The number of ether oxygens (including phenoxy) is 1. The monoisotopic (exact) mass is 158 g/mol. The third-order valence-electron chi connectivity index (χ3n) is 1.93. The molecule has 0 spiro atoms. The van der Waals surface area contributed by atoms with Gasteiger partial charge in [-0.1, -0.05) is 20.8 Å². The zero-order valence-corrected chi connectivity index (χ0v) is 7.13. The van der Waals surface area contributed by atoms with Gasteiger partial charge in [0.2, 0.25) is 0 Å².